The number of aryl methyl sites for hydroxylation is 1. The SMILES string of the molecule is COc1ccccc1Cn1cnc2c1CCCC2. The van der Waals surface area contributed by atoms with Crippen LogP contribution in [0.1, 0.15) is 29.8 Å². The maximum atomic E-state index is 5.40. The molecule has 1 aliphatic carbocycles. The Balaban J connectivity index is 1.90. The highest BCUT2D eigenvalue weighted by Crippen LogP contribution is 2.23. The lowest BCUT2D eigenvalue weighted by Crippen LogP contribution is -2.09. The standard InChI is InChI=1S/C15H18N2O/c1-18-15-9-5-2-6-12(15)10-17-11-16-13-7-3-4-8-14(13)17/h2,5-6,9,11H,3-4,7-8,10H2,1H3. The summed E-state index contributed by atoms with van der Waals surface area (Å²) in [5.41, 5.74) is 3.91. The van der Waals surface area contributed by atoms with Gasteiger partial charge in [0.1, 0.15) is 5.75 Å². The molecule has 0 atom stereocenters. The summed E-state index contributed by atoms with van der Waals surface area (Å²) < 4.78 is 7.67. The van der Waals surface area contributed by atoms with Crippen molar-refractivity contribution < 1.29 is 4.74 Å². The molecule has 0 amide bonds. The van der Waals surface area contributed by atoms with E-state index in [1.54, 1.807) is 7.11 Å². The van der Waals surface area contributed by atoms with Crippen LogP contribution >= 0.6 is 0 Å². The second kappa shape index (κ2) is 4.84. The van der Waals surface area contributed by atoms with Gasteiger partial charge in [0.25, 0.3) is 0 Å². The molecule has 0 radical (unpaired) electrons. The van der Waals surface area contributed by atoms with Crippen molar-refractivity contribution in [3.05, 3.63) is 47.5 Å². The first-order valence-corrected chi connectivity index (χ1v) is 6.53. The van der Waals surface area contributed by atoms with Gasteiger partial charge in [0.2, 0.25) is 0 Å². The fourth-order valence-corrected chi connectivity index (χ4v) is 2.68. The largest absolute Gasteiger partial charge is 0.496 e. The third-order valence-corrected chi connectivity index (χ3v) is 3.64. The minimum absolute atomic E-state index is 0.854. The topological polar surface area (TPSA) is 27.1 Å². The summed E-state index contributed by atoms with van der Waals surface area (Å²) in [6, 6.07) is 8.19. The molecule has 3 heteroatoms. The fourth-order valence-electron chi connectivity index (χ4n) is 2.68. The van der Waals surface area contributed by atoms with Crippen LogP contribution in [0.25, 0.3) is 0 Å². The molecule has 1 aliphatic rings. The van der Waals surface area contributed by atoms with Crippen LogP contribution in [0, 0.1) is 0 Å². The van der Waals surface area contributed by atoms with E-state index in [0.29, 0.717) is 0 Å². The first-order chi connectivity index (χ1) is 8.88. The molecule has 0 saturated carbocycles. The Kier molecular flexibility index (Phi) is 3.05. The Hall–Kier alpha value is -1.77. The van der Waals surface area contributed by atoms with Gasteiger partial charge in [0.05, 0.1) is 25.7 Å². The van der Waals surface area contributed by atoms with Crippen molar-refractivity contribution >= 4 is 0 Å². The van der Waals surface area contributed by atoms with Crippen molar-refractivity contribution in [3.63, 3.8) is 0 Å². The predicted molar refractivity (Wildman–Crippen MR) is 71.0 cm³/mol. The molecule has 3 nitrogen and oxygen atoms in total. The fraction of sp³-hybridized carbons (Fsp3) is 0.400. The molecule has 0 saturated heterocycles. The first-order valence-electron chi connectivity index (χ1n) is 6.53. The van der Waals surface area contributed by atoms with E-state index in [1.807, 2.05) is 18.5 Å². The molecule has 3 rings (SSSR count). The maximum Gasteiger partial charge on any atom is 0.123 e. The average Bonchev–Trinajstić information content (AvgIpc) is 2.83. The third kappa shape index (κ3) is 2.01. The van der Waals surface area contributed by atoms with E-state index < -0.39 is 0 Å². The van der Waals surface area contributed by atoms with Gasteiger partial charge in [-0.15, -0.1) is 0 Å². The number of para-hydroxylation sites is 1. The molecule has 0 aliphatic heterocycles. The second-order valence-corrected chi connectivity index (χ2v) is 4.78. The number of aromatic nitrogens is 2. The van der Waals surface area contributed by atoms with Gasteiger partial charge in [0.15, 0.2) is 0 Å². The van der Waals surface area contributed by atoms with Crippen LogP contribution in [0.4, 0.5) is 0 Å². The summed E-state index contributed by atoms with van der Waals surface area (Å²) in [5.74, 6) is 0.954. The summed E-state index contributed by atoms with van der Waals surface area (Å²) >= 11 is 0. The number of rotatable bonds is 3. The summed E-state index contributed by atoms with van der Waals surface area (Å²) in [6.07, 6.45) is 6.82. The molecule has 94 valence electrons. The number of hydrogen-bond acceptors (Lipinski definition) is 2. The van der Waals surface area contributed by atoms with Crippen LogP contribution in [0.3, 0.4) is 0 Å². The highest BCUT2D eigenvalue weighted by molar-refractivity contribution is 5.34. The van der Waals surface area contributed by atoms with E-state index >= 15 is 0 Å². The van der Waals surface area contributed by atoms with Gasteiger partial charge >= 0.3 is 0 Å². The molecule has 18 heavy (non-hydrogen) atoms. The van der Waals surface area contributed by atoms with Gasteiger partial charge in [-0.2, -0.15) is 0 Å². The van der Waals surface area contributed by atoms with Gasteiger partial charge in [-0.25, -0.2) is 4.98 Å². The van der Waals surface area contributed by atoms with E-state index in [4.69, 9.17) is 4.74 Å². The highest BCUT2D eigenvalue weighted by atomic mass is 16.5. The summed E-state index contributed by atoms with van der Waals surface area (Å²) in [5, 5.41) is 0. The molecule has 1 aromatic carbocycles. The zero-order valence-corrected chi connectivity index (χ0v) is 10.7. The van der Waals surface area contributed by atoms with Gasteiger partial charge in [-0.1, -0.05) is 18.2 Å². The summed E-state index contributed by atoms with van der Waals surface area (Å²) in [4.78, 5) is 4.53. The molecule has 0 N–H and O–H groups in total. The average molecular weight is 242 g/mol. The molecule has 2 aromatic rings. The van der Waals surface area contributed by atoms with E-state index in [0.717, 1.165) is 25.1 Å². The molecule has 1 heterocycles. The number of ether oxygens (including phenoxy) is 1. The van der Waals surface area contributed by atoms with Crippen LogP contribution in [0.2, 0.25) is 0 Å². The molecular weight excluding hydrogens is 224 g/mol. The van der Waals surface area contributed by atoms with Crippen LogP contribution in [-0.4, -0.2) is 16.7 Å². The summed E-state index contributed by atoms with van der Waals surface area (Å²) in [6.45, 7) is 0.854. The van der Waals surface area contributed by atoms with Gasteiger partial charge in [0, 0.05) is 11.3 Å². The van der Waals surface area contributed by atoms with Crippen molar-refractivity contribution in [3.8, 4) is 5.75 Å². The number of benzene rings is 1. The highest BCUT2D eigenvalue weighted by Gasteiger charge is 2.15. The first kappa shape index (κ1) is 11.3. The van der Waals surface area contributed by atoms with Crippen LogP contribution < -0.4 is 4.74 Å². The van der Waals surface area contributed by atoms with Crippen molar-refractivity contribution in [1.29, 1.82) is 0 Å². The normalized spacial score (nSPS) is 14.3. The van der Waals surface area contributed by atoms with Crippen LogP contribution in [-0.2, 0) is 19.4 Å². The lowest BCUT2D eigenvalue weighted by atomic mass is 10.0. The second-order valence-electron chi connectivity index (χ2n) is 4.78. The Morgan fingerprint density at radius 3 is 2.94 bits per heavy atom. The van der Waals surface area contributed by atoms with E-state index in [-0.39, 0.29) is 0 Å². The smallest absolute Gasteiger partial charge is 0.123 e. The van der Waals surface area contributed by atoms with Crippen LogP contribution in [0.15, 0.2) is 30.6 Å². The number of imidazole rings is 1. The van der Waals surface area contributed by atoms with Gasteiger partial charge in [-0.05, 0) is 31.7 Å². The zero-order valence-electron chi connectivity index (χ0n) is 10.7. The minimum atomic E-state index is 0.854. The maximum absolute atomic E-state index is 5.40. The molecule has 0 spiro atoms. The van der Waals surface area contributed by atoms with Crippen molar-refractivity contribution in [2.24, 2.45) is 0 Å². The van der Waals surface area contributed by atoms with Crippen molar-refractivity contribution in [1.82, 2.24) is 9.55 Å². The van der Waals surface area contributed by atoms with Crippen molar-refractivity contribution in [2.75, 3.05) is 7.11 Å². The summed E-state index contributed by atoms with van der Waals surface area (Å²) in [7, 11) is 1.72. The molecule has 0 bridgehead atoms. The Morgan fingerprint density at radius 1 is 1.22 bits per heavy atom. The van der Waals surface area contributed by atoms with E-state index in [1.165, 1.54) is 29.8 Å². The van der Waals surface area contributed by atoms with Crippen molar-refractivity contribution in [2.45, 2.75) is 32.2 Å². The molecule has 0 fully saturated rings. The molecular formula is C15H18N2O. The lowest BCUT2D eigenvalue weighted by Gasteiger charge is -2.15. The third-order valence-electron chi connectivity index (χ3n) is 3.64. The van der Waals surface area contributed by atoms with E-state index in [2.05, 4.69) is 21.7 Å². The predicted octanol–water partition coefficient (Wildman–Crippen LogP) is 2.82. The number of nitrogens with zero attached hydrogens (tertiary/aromatic N) is 2. The molecule has 1 aromatic heterocycles. The molecule has 0 unspecified atom stereocenters. The Morgan fingerprint density at radius 2 is 2.06 bits per heavy atom. The monoisotopic (exact) mass is 242 g/mol. The quantitative estimate of drug-likeness (QED) is 0.827. The number of hydrogen-bond donors (Lipinski definition) is 0. The number of fused-ring (bicyclic) bond motifs is 1. The Labute approximate surface area is 107 Å². The number of methoxy groups -OCH3 is 1. The van der Waals surface area contributed by atoms with Gasteiger partial charge in [-0.3, -0.25) is 0 Å². The zero-order chi connectivity index (χ0) is 12.4. The van der Waals surface area contributed by atoms with Gasteiger partial charge < -0.3 is 9.30 Å². The van der Waals surface area contributed by atoms with Crippen LogP contribution in [0.5, 0.6) is 5.75 Å². The lowest BCUT2D eigenvalue weighted by molar-refractivity contribution is 0.408. The van der Waals surface area contributed by atoms with E-state index in [9.17, 15) is 0 Å². The minimum Gasteiger partial charge on any atom is -0.496 e. The Bertz CT molecular complexity index is 545.